The van der Waals surface area contributed by atoms with E-state index in [9.17, 15) is 0 Å². The van der Waals surface area contributed by atoms with Gasteiger partial charge < -0.3 is 0 Å². The van der Waals surface area contributed by atoms with Crippen molar-refractivity contribution in [3.63, 3.8) is 0 Å². The zero-order valence-electron chi connectivity index (χ0n) is 10.3. The van der Waals surface area contributed by atoms with Gasteiger partial charge >= 0.3 is 0 Å². The van der Waals surface area contributed by atoms with Crippen molar-refractivity contribution >= 4 is 0 Å². The number of aryl methyl sites for hydroxylation is 3. The standard InChI is InChI=1S/C14H17N2/c1-10-7-11(2)12(3)13(8-10)14-5-6-15-9-16(14)4/h5-9H,1-4H3/q+1. The number of hydrogen-bond donors (Lipinski definition) is 0. The van der Waals surface area contributed by atoms with Gasteiger partial charge in [-0.2, -0.15) is 0 Å². The number of rotatable bonds is 1. The second-order valence-corrected chi connectivity index (χ2v) is 4.33. The van der Waals surface area contributed by atoms with E-state index in [4.69, 9.17) is 0 Å². The summed E-state index contributed by atoms with van der Waals surface area (Å²) in [5.74, 6) is 0. The summed E-state index contributed by atoms with van der Waals surface area (Å²) in [6.07, 6.45) is 3.68. The summed E-state index contributed by atoms with van der Waals surface area (Å²) in [5, 5.41) is 0. The first-order chi connectivity index (χ1) is 7.59. The summed E-state index contributed by atoms with van der Waals surface area (Å²) in [4.78, 5) is 4.11. The summed E-state index contributed by atoms with van der Waals surface area (Å²) in [5.41, 5.74) is 6.48. The first-order valence-corrected chi connectivity index (χ1v) is 5.47. The van der Waals surface area contributed by atoms with Crippen LogP contribution in [0.15, 0.2) is 30.7 Å². The fraction of sp³-hybridized carbons (Fsp3) is 0.286. The van der Waals surface area contributed by atoms with Crippen molar-refractivity contribution in [3.05, 3.63) is 47.4 Å². The quantitative estimate of drug-likeness (QED) is 0.665. The molecule has 0 amide bonds. The first-order valence-electron chi connectivity index (χ1n) is 5.47. The second-order valence-electron chi connectivity index (χ2n) is 4.33. The Morgan fingerprint density at radius 1 is 1.12 bits per heavy atom. The van der Waals surface area contributed by atoms with Crippen LogP contribution in [0.1, 0.15) is 16.7 Å². The van der Waals surface area contributed by atoms with Gasteiger partial charge in [-0.25, -0.2) is 4.57 Å². The number of aromatic nitrogens is 2. The van der Waals surface area contributed by atoms with Gasteiger partial charge in [0, 0.05) is 11.6 Å². The molecule has 2 aromatic rings. The zero-order chi connectivity index (χ0) is 11.7. The van der Waals surface area contributed by atoms with Gasteiger partial charge in [-0.15, -0.1) is 0 Å². The molecule has 2 rings (SSSR count). The Hall–Kier alpha value is -1.70. The van der Waals surface area contributed by atoms with Gasteiger partial charge in [0.15, 0.2) is 0 Å². The molecule has 0 radical (unpaired) electrons. The third kappa shape index (κ3) is 1.83. The Kier molecular flexibility index (Phi) is 2.73. The minimum atomic E-state index is 1.21. The van der Waals surface area contributed by atoms with Crippen LogP contribution in [0, 0.1) is 20.8 Å². The Bertz CT molecular complexity index is 530. The maximum Gasteiger partial charge on any atom is 0.286 e. The van der Waals surface area contributed by atoms with Gasteiger partial charge in [0.05, 0.1) is 7.05 Å². The molecule has 2 nitrogen and oxygen atoms in total. The molecule has 2 heteroatoms. The van der Waals surface area contributed by atoms with Gasteiger partial charge in [0.1, 0.15) is 11.9 Å². The highest BCUT2D eigenvalue weighted by Crippen LogP contribution is 2.24. The molecule has 0 saturated heterocycles. The molecular weight excluding hydrogens is 196 g/mol. The Balaban J connectivity index is 2.69. The lowest BCUT2D eigenvalue weighted by molar-refractivity contribution is -0.663. The largest absolute Gasteiger partial charge is 0.286 e. The predicted octanol–water partition coefficient (Wildman–Crippen LogP) is 2.50. The van der Waals surface area contributed by atoms with E-state index in [1.807, 2.05) is 19.6 Å². The van der Waals surface area contributed by atoms with E-state index in [1.54, 1.807) is 0 Å². The van der Waals surface area contributed by atoms with Crippen LogP contribution in [-0.2, 0) is 7.05 Å². The number of benzene rings is 1. The van der Waals surface area contributed by atoms with Crippen LogP contribution < -0.4 is 4.57 Å². The lowest BCUT2D eigenvalue weighted by atomic mass is 9.98. The maximum atomic E-state index is 4.11. The highest BCUT2D eigenvalue weighted by Gasteiger charge is 2.11. The molecule has 1 aromatic carbocycles. The fourth-order valence-corrected chi connectivity index (χ4v) is 2.02. The average molecular weight is 213 g/mol. The lowest BCUT2D eigenvalue weighted by Crippen LogP contribution is -2.31. The molecule has 0 bridgehead atoms. The van der Waals surface area contributed by atoms with Crippen LogP contribution in [0.4, 0.5) is 0 Å². The Labute approximate surface area is 96.6 Å². The van der Waals surface area contributed by atoms with E-state index in [0.29, 0.717) is 0 Å². The predicted molar refractivity (Wildman–Crippen MR) is 65.1 cm³/mol. The minimum absolute atomic E-state index is 1.21. The van der Waals surface area contributed by atoms with E-state index >= 15 is 0 Å². The summed E-state index contributed by atoms with van der Waals surface area (Å²) < 4.78 is 2.06. The molecule has 0 aliphatic rings. The molecule has 0 fully saturated rings. The summed E-state index contributed by atoms with van der Waals surface area (Å²) in [6.45, 7) is 6.47. The lowest BCUT2D eigenvalue weighted by Gasteiger charge is -2.10. The smallest absolute Gasteiger partial charge is 0.233 e. The van der Waals surface area contributed by atoms with Crippen molar-refractivity contribution in [2.45, 2.75) is 20.8 Å². The Morgan fingerprint density at radius 3 is 2.56 bits per heavy atom. The molecule has 1 aromatic heterocycles. The van der Waals surface area contributed by atoms with Crippen LogP contribution in [0.2, 0.25) is 0 Å². The fourth-order valence-electron chi connectivity index (χ4n) is 2.02. The van der Waals surface area contributed by atoms with Crippen molar-refractivity contribution in [1.29, 1.82) is 0 Å². The number of hydrogen-bond acceptors (Lipinski definition) is 1. The molecule has 0 atom stereocenters. The van der Waals surface area contributed by atoms with Gasteiger partial charge in [-0.05, 0) is 38.0 Å². The monoisotopic (exact) mass is 213 g/mol. The number of nitrogens with zero attached hydrogens (tertiary/aromatic N) is 2. The minimum Gasteiger partial charge on any atom is -0.233 e. The van der Waals surface area contributed by atoms with E-state index in [1.165, 1.54) is 27.9 Å². The van der Waals surface area contributed by atoms with E-state index in [0.717, 1.165) is 0 Å². The molecular formula is C14H17N2+. The first kappa shape index (κ1) is 10.8. The van der Waals surface area contributed by atoms with Gasteiger partial charge in [0.2, 0.25) is 0 Å². The average Bonchev–Trinajstić information content (AvgIpc) is 2.24. The van der Waals surface area contributed by atoms with Gasteiger partial charge in [0.25, 0.3) is 6.33 Å². The maximum absolute atomic E-state index is 4.11. The Morgan fingerprint density at radius 2 is 1.88 bits per heavy atom. The van der Waals surface area contributed by atoms with Crippen molar-refractivity contribution < 1.29 is 4.57 Å². The van der Waals surface area contributed by atoms with Crippen molar-refractivity contribution in [1.82, 2.24) is 4.98 Å². The van der Waals surface area contributed by atoms with Crippen molar-refractivity contribution in [2.75, 3.05) is 0 Å². The van der Waals surface area contributed by atoms with Crippen LogP contribution in [0.3, 0.4) is 0 Å². The SMILES string of the molecule is Cc1cc(C)c(C)c(-c2ccnc[n+]2C)c1. The highest BCUT2D eigenvalue weighted by molar-refractivity contribution is 5.63. The second kappa shape index (κ2) is 4.05. The molecule has 0 spiro atoms. The summed E-state index contributed by atoms with van der Waals surface area (Å²) in [6, 6.07) is 6.51. The molecule has 1 heterocycles. The van der Waals surface area contributed by atoms with E-state index in [2.05, 4.69) is 48.5 Å². The third-order valence-electron chi connectivity index (χ3n) is 3.03. The van der Waals surface area contributed by atoms with Crippen LogP contribution in [-0.4, -0.2) is 4.98 Å². The summed E-state index contributed by atoms with van der Waals surface area (Å²) >= 11 is 0. The van der Waals surface area contributed by atoms with E-state index < -0.39 is 0 Å². The van der Waals surface area contributed by atoms with Crippen LogP contribution in [0.5, 0.6) is 0 Å². The zero-order valence-corrected chi connectivity index (χ0v) is 10.3. The third-order valence-corrected chi connectivity index (χ3v) is 3.03. The molecule has 0 saturated carbocycles. The molecule has 16 heavy (non-hydrogen) atoms. The molecule has 0 aliphatic heterocycles. The van der Waals surface area contributed by atoms with Crippen molar-refractivity contribution in [2.24, 2.45) is 7.05 Å². The molecule has 0 unspecified atom stereocenters. The van der Waals surface area contributed by atoms with Gasteiger partial charge in [-0.1, -0.05) is 16.6 Å². The molecule has 0 N–H and O–H groups in total. The van der Waals surface area contributed by atoms with Crippen LogP contribution >= 0.6 is 0 Å². The molecule has 0 aliphatic carbocycles. The summed E-state index contributed by atoms with van der Waals surface area (Å²) in [7, 11) is 2.03. The van der Waals surface area contributed by atoms with Gasteiger partial charge in [-0.3, -0.25) is 0 Å². The molecule has 82 valence electrons. The highest BCUT2D eigenvalue weighted by atomic mass is 15.0. The van der Waals surface area contributed by atoms with Crippen LogP contribution in [0.25, 0.3) is 11.3 Å². The van der Waals surface area contributed by atoms with Crippen molar-refractivity contribution in [3.8, 4) is 11.3 Å². The normalized spacial score (nSPS) is 10.5. The topological polar surface area (TPSA) is 16.8 Å². The van der Waals surface area contributed by atoms with E-state index in [-0.39, 0.29) is 0 Å².